The third-order valence-corrected chi connectivity index (χ3v) is 3.71. The average Bonchev–Trinajstić information content (AvgIpc) is 2.99. The molecule has 25 heavy (non-hydrogen) atoms. The van der Waals surface area contributed by atoms with Gasteiger partial charge in [0.2, 0.25) is 5.88 Å². The fourth-order valence-corrected chi connectivity index (χ4v) is 2.51. The van der Waals surface area contributed by atoms with Gasteiger partial charge in [-0.2, -0.15) is 9.61 Å². The average molecular weight is 340 g/mol. The zero-order valence-electron chi connectivity index (χ0n) is 13.4. The fraction of sp³-hybridized carbons (Fsp3) is 0.176. The smallest absolute Gasteiger partial charge is 0.326 e. The Bertz CT molecular complexity index is 936. The number of aliphatic carboxylic acids is 1. The van der Waals surface area contributed by atoms with Crippen LogP contribution in [0, 0.1) is 6.92 Å². The van der Waals surface area contributed by atoms with Crippen LogP contribution in [-0.4, -0.2) is 42.7 Å². The molecule has 1 amide bonds. The quantitative estimate of drug-likeness (QED) is 0.642. The number of nitrogens with zero attached hydrogens (tertiary/aromatic N) is 3. The van der Waals surface area contributed by atoms with Crippen LogP contribution in [0.5, 0.6) is 5.88 Å². The summed E-state index contributed by atoms with van der Waals surface area (Å²) >= 11 is 0. The van der Waals surface area contributed by atoms with Gasteiger partial charge < -0.3 is 15.5 Å². The van der Waals surface area contributed by atoms with Gasteiger partial charge in [-0.15, -0.1) is 0 Å². The molecule has 0 saturated carbocycles. The Morgan fingerprint density at radius 2 is 2.00 bits per heavy atom. The molecule has 0 aliphatic rings. The van der Waals surface area contributed by atoms with E-state index in [1.165, 1.54) is 12.3 Å². The van der Waals surface area contributed by atoms with Crippen LogP contribution < -0.4 is 5.32 Å². The van der Waals surface area contributed by atoms with Crippen molar-refractivity contribution < 1.29 is 19.8 Å². The Morgan fingerprint density at radius 1 is 1.28 bits per heavy atom. The second-order valence-electron chi connectivity index (χ2n) is 5.60. The molecule has 0 saturated heterocycles. The fourth-order valence-electron chi connectivity index (χ4n) is 2.51. The summed E-state index contributed by atoms with van der Waals surface area (Å²) in [6, 6.07) is 9.34. The Labute approximate surface area is 142 Å². The van der Waals surface area contributed by atoms with Crippen LogP contribution in [0.1, 0.15) is 21.6 Å². The molecular formula is C17H16N4O4. The van der Waals surface area contributed by atoms with Gasteiger partial charge in [0.25, 0.3) is 5.91 Å². The van der Waals surface area contributed by atoms with Crippen LogP contribution in [0.3, 0.4) is 0 Å². The zero-order chi connectivity index (χ0) is 18.0. The number of amides is 1. The molecule has 1 unspecified atom stereocenters. The molecule has 3 N–H and O–H groups in total. The van der Waals surface area contributed by atoms with E-state index >= 15 is 0 Å². The number of nitrogens with one attached hydrogen (secondary N) is 1. The lowest BCUT2D eigenvalue weighted by Crippen LogP contribution is -2.42. The Kier molecular flexibility index (Phi) is 4.34. The number of carboxylic acids is 1. The van der Waals surface area contributed by atoms with Crippen LogP contribution in [-0.2, 0) is 11.2 Å². The van der Waals surface area contributed by atoms with E-state index in [0.29, 0.717) is 5.69 Å². The summed E-state index contributed by atoms with van der Waals surface area (Å²) in [5, 5.41) is 25.6. The Morgan fingerprint density at radius 3 is 2.68 bits per heavy atom. The first-order chi connectivity index (χ1) is 12.0. The number of aromatic hydroxyl groups is 1. The highest BCUT2D eigenvalue weighted by Gasteiger charge is 2.24. The number of benzene rings is 1. The van der Waals surface area contributed by atoms with Gasteiger partial charge in [-0.05, 0) is 12.5 Å². The van der Waals surface area contributed by atoms with E-state index in [4.69, 9.17) is 0 Å². The summed E-state index contributed by atoms with van der Waals surface area (Å²) in [4.78, 5) is 28.2. The van der Waals surface area contributed by atoms with Crippen molar-refractivity contribution in [3.05, 3.63) is 59.4 Å². The van der Waals surface area contributed by atoms with E-state index in [1.54, 1.807) is 31.2 Å². The molecule has 2 heterocycles. The first kappa shape index (κ1) is 16.4. The Balaban J connectivity index is 1.86. The van der Waals surface area contributed by atoms with Gasteiger partial charge in [0.05, 0.1) is 6.20 Å². The molecular weight excluding hydrogens is 324 g/mol. The van der Waals surface area contributed by atoms with Crippen LogP contribution in [0.25, 0.3) is 5.65 Å². The number of rotatable bonds is 5. The first-order valence-corrected chi connectivity index (χ1v) is 7.57. The molecule has 3 aromatic rings. The minimum absolute atomic E-state index is 0.0957. The molecule has 3 rings (SSSR count). The predicted molar refractivity (Wildman–Crippen MR) is 88.4 cm³/mol. The van der Waals surface area contributed by atoms with Crippen molar-refractivity contribution in [1.82, 2.24) is 19.9 Å². The van der Waals surface area contributed by atoms with Crippen LogP contribution in [0.15, 0.2) is 42.6 Å². The monoisotopic (exact) mass is 340 g/mol. The first-order valence-electron chi connectivity index (χ1n) is 7.57. The molecule has 8 nitrogen and oxygen atoms in total. The highest BCUT2D eigenvalue weighted by Crippen LogP contribution is 2.16. The van der Waals surface area contributed by atoms with E-state index in [-0.39, 0.29) is 23.5 Å². The number of hydrogen-bond donors (Lipinski definition) is 3. The standard InChI is InChI=1S/C17H16N4O4/c1-10-7-14(22)21-15(19-10)12(9-18-21)16(23)20-13(17(24)25)8-11-5-3-2-4-6-11/h2-7,9,13,22H,8H2,1H3,(H,20,23)(H,24,25). The molecule has 2 aromatic heterocycles. The van der Waals surface area contributed by atoms with Crippen molar-refractivity contribution in [2.45, 2.75) is 19.4 Å². The second-order valence-corrected chi connectivity index (χ2v) is 5.60. The Hall–Kier alpha value is -3.42. The molecule has 128 valence electrons. The summed E-state index contributed by atoms with van der Waals surface area (Å²) in [7, 11) is 0. The largest absolute Gasteiger partial charge is 0.493 e. The summed E-state index contributed by atoms with van der Waals surface area (Å²) in [6.45, 7) is 1.67. The number of carboxylic acid groups (broad SMARTS) is 1. The van der Waals surface area contributed by atoms with Crippen molar-refractivity contribution in [3.63, 3.8) is 0 Å². The maximum atomic E-state index is 12.5. The van der Waals surface area contributed by atoms with Crippen molar-refractivity contribution in [1.29, 1.82) is 0 Å². The molecule has 1 atom stereocenters. The topological polar surface area (TPSA) is 117 Å². The van der Waals surface area contributed by atoms with E-state index in [1.807, 2.05) is 6.07 Å². The van der Waals surface area contributed by atoms with Gasteiger partial charge in [0, 0.05) is 18.2 Å². The lowest BCUT2D eigenvalue weighted by molar-refractivity contribution is -0.139. The number of fused-ring (bicyclic) bond motifs is 1. The molecule has 8 heteroatoms. The van der Waals surface area contributed by atoms with Gasteiger partial charge in [0.1, 0.15) is 11.6 Å². The minimum atomic E-state index is -1.14. The predicted octanol–water partition coefficient (Wildman–Crippen LogP) is 1.17. The van der Waals surface area contributed by atoms with E-state index in [0.717, 1.165) is 10.1 Å². The third kappa shape index (κ3) is 3.42. The molecule has 1 aromatic carbocycles. The maximum absolute atomic E-state index is 12.5. The SMILES string of the molecule is Cc1cc(O)n2ncc(C(=O)NC(Cc3ccccc3)C(=O)O)c2n1. The number of aryl methyl sites for hydroxylation is 1. The third-order valence-electron chi connectivity index (χ3n) is 3.71. The normalized spacial score (nSPS) is 12.0. The number of aromatic nitrogens is 3. The van der Waals surface area contributed by atoms with Crippen molar-refractivity contribution >= 4 is 17.5 Å². The van der Waals surface area contributed by atoms with Gasteiger partial charge in [-0.3, -0.25) is 4.79 Å². The minimum Gasteiger partial charge on any atom is -0.493 e. The highest BCUT2D eigenvalue weighted by molar-refractivity contribution is 6.01. The number of carbonyl (C=O) groups is 2. The lowest BCUT2D eigenvalue weighted by atomic mass is 10.1. The second kappa shape index (κ2) is 6.60. The number of carbonyl (C=O) groups excluding carboxylic acids is 1. The molecule has 0 aliphatic heterocycles. The molecule has 0 bridgehead atoms. The zero-order valence-corrected chi connectivity index (χ0v) is 13.4. The molecule has 0 fully saturated rings. The lowest BCUT2D eigenvalue weighted by Gasteiger charge is -2.14. The van der Waals surface area contributed by atoms with Gasteiger partial charge in [-0.1, -0.05) is 30.3 Å². The van der Waals surface area contributed by atoms with Crippen LogP contribution in [0.4, 0.5) is 0 Å². The van der Waals surface area contributed by atoms with Gasteiger partial charge in [0.15, 0.2) is 5.65 Å². The summed E-state index contributed by atoms with van der Waals surface area (Å²) in [6.07, 6.45) is 1.40. The van der Waals surface area contributed by atoms with Gasteiger partial charge in [-0.25, -0.2) is 9.78 Å². The van der Waals surface area contributed by atoms with Crippen LogP contribution in [0.2, 0.25) is 0 Å². The van der Waals surface area contributed by atoms with E-state index in [9.17, 15) is 19.8 Å². The van der Waals surface area contributed by atoms with E-state index < -0.39 is 17.9 Å². The van der Waals surface area contributed by atoms with Crippen molar-refractivity contribution in [2.75, 3.05) is 0 Å². The molecule has 0 aliphatic carbocycles. The van der Waals surface area contributed by atoms with Crippen molar-refractivity contribution in [3.8, 4) is 5.88 Å². The summed E-state index contributed by atoms with van der Waals surface area (Å²) in [5.74, 6) is -1.91. The molecule has 0 spiro atoms. The van der Waals surface area contributed by atoms with E-state index in [2.05, 4.69) is 15.4 Å². The molecule has 0 radical (unpaired) electrons. The van der Waals surface area contributed by atoms with Gasteiger partial charge >= 0.3 is 5.97 Å². The highest BCUT2D eigenvalue weighted by atomic mass is 16.4. The number of hydrogen-bond acceptors (Lipinski definition) is 5. The van der Waals surface area contributed by atoms with Crippen LogP contribution >= 0.6 is 0 Å². The summed E-state index contributed by atoms with van der Waals surface area (Å²) < 4.78 is 1.12. The van der Waals surface area contributed by atoms with Crippen molar-refractivity contribution in [2.24, 2.45) is 0 Å². The summed E-state index contributed by atoms with van der Waals surface area (Å²) in [5.41, 5.74) is 1.57. The maximum Gasteiger partial charge on any atom is 0.326 e.